The summed E-state index contributed by atoms with van der Waals surface area (Å²) in [4.78, 5) is 6.55. The van der Waals surface area contributed by atoms with E-state index in [1.54, 1.807) is 6.33 Å². The SMILES string of the molecule is CC(C)Cn1ncnc1CNCC(C)(C)CN(C)C. The van der Waals surface area contributed by atoms with Gasteiger partial charge in [0, 0.05) is 19.6 Å². The molecule has 0 radical (unpaired) electrons. The average molecular weight is 267 g/mol. The van der Waals surface area contributed by atoms with Crippen LogP contribution in [0.5, 0.6) is 0 Å². The van der Waals surface area contributed by atoms with Gasteiger partial charge in [0.25, 0.3) is 0 Å². The molecule has 0 fully saturated rings. The molecule has 0 spiro atoms. The lowest BCUT2D eigenvalue weighted by molar-refractivity contribution is 0.231. The fraction of sp³-hybridized carbons (Fsp3) is 0.857. The van der Waals surface area contributed by atoms with E-state index in [0.717, 1.165) is 32.0 Å². The van der Waals surface area contributed by atoms with Crippen molar-refractivity contribution in [1.29, 1.82) is 0 Å². The van der Waals surface area contributed by atoms with Crippen molar-refractivity contribution < 1.29 is 0 Å². The summed E-state index contributed by atoms with van der Waals surface area (Å²) < 4.78 is 2.00. The maximum absolute atomic E-state index is 4.33. The Bertz CT molecular complexity index is 368. The van der Waals surface area contributed by atoms with Gasteiger partial charge in [-0.25, -0.2) is 9.67 Å². The maximum atomic E-state index is 4.33. The topological polar surface area (TPSA) is 46.0 Å². The molecular formula is C14H29N5. The van der Waals surface area contributed by atoms with Gasteiger partial charge in [-0.15, -0.1) is 0 Å². The molecule has 0 aliphatic heterocycles. The van der Waals surface area contributed by atoms with Gasteiger partial charge < -0.3 is 10.2 Å². The fourth-order valence-corrected chi connectivity index (χ4v) is 2.35. The first kappa shape index (κ1) is 16.1. The molecule has 0 aliphatic carbocycles. The van der Waals surface area contributed by atoms with Gasteiger partial charge in [-0.2, -0.15) is 5.10 Å². The molecule has 1 N–H and O–H groups in total. The lowest BCUT2D eigenvalue weighted by Gasteiger charge is -2.28. The van der Waals surface area contributed by atoms with Gasteiger partial charge in [0.1, 0.15) is 12.2 Å². The summed E-state index contributed by atoms with van der Waals surface area (Å²) in [6.07, 6.45) is 1.64. The number of hydrogen-bond acceptors (Lipinski definition) is 4. The van der Waals surface area contributed by atoms with Crippen LogP contribution in [0.25, 0.3) is 0 Å². The highest BCUT2D eigenvalue weighted by Crippen LogP contribution is 2.14. The molecular weight excluding hydrogens is 238 g/mol. The minimum Gasteiger partial charge on any atom is -0.309 e. The van der Waals surface area contributed by atoms with Crippen LogP contribution in [0.15, 0.2) is 6.33 Å². The Morgan fingerprint density at radius 2 is 2.05 bits per heavy atom. The quantitative estimate of drug-likeness (QED) is 0.777. The largest absolute Gasteiger partial charge is 0.309 e. The molecule has 0 saturated heterocycles. The number of nitrogens with zero attached hydrogens (tertiary/aromatic N) is 4. The first-order valence-electron chi connectivity index (χ1n) is 7.02. The first-order valence-corrected chi connectivity index (χ1v) is 7.02. The molecule has 0 aliphatic rings. The smallest absolute Gasteiger partial charge is 0.140 e. The Hall–Kier alpha value is -0.940. The van der Waals surface area contributed by atoms with Gasteiger partial charge in [0.15, 0.2) is 0 Å². The zero-order valence-corrected chi connectivity index (χ0v) is 13.3. The van der Waals surface area contributed by atoms with Crippen LogP contribution in [0.2, 0.25) is 0 Å². The van der Waals surface area contributed by atoms with E-state index in [-0.39, 0.29) is 5.41 Å². The van der Waals surface area contributed by atoms with Gasteiger partial charge in [0.2, 0.25) is 0 Å². The van der Waals surface area contributed by atoms with Crippen LogP contribution in [-0.2, 0) is 13.1 Å². The second kappa shape index (κ2) is 7.01. The zero-order valence-electron chi connectivity index (χ0n) is 13.3. The third-order valence-electron chi connectivity index (χ3n) is 2.86. The molecule has 1 heterocycles. The van der Waals surface area contributed by atoms with Crippen molar-refractivity contribution in [2.24, 2.45) is 11.3 Å². The molecule has 5 nitrogen and oxygen atoms in total. The monoisotopic (exact) mass is 267 g/mol. The Balaban J connectivity index is 2.43. The summed E-state index contributed by atoms with van der Waals surface area (Å²) in [5, 5.41) is 7.77. The van der Waals surface area contributed by atoms with Crippen molar-refractivity contribution in [3.05, 3.63) is 12.2 Å². The van der Waals surface area contributed by atoms with E-state index in [1.807, 2.05) is 4.68 Å². The molecule has 110 valence electrons. The van der Waals surface area contributed by atoms with Crippen molar-refractivity contribution in [3.63, 3.8) is 0 Å². The van der Waals surface area contributed by atoms with Gasteiger partial charge in [0.05, 0.1) is 6.54 Å². The standard InChI is InChI=1S/C14H29N5/c1-12(2)8-19-13(16-11-17-19)7-15-9-14(3,4)10-18(5)6/h11-12,15H,7-10H2,1-6H3. The summed E-state index contributed by atoms with van der Waals surface area (Å²) in [7, 11) is 4.22. The molecule has 19 heavy (non-hydrogen) atoms. The van der Waals surface area contributed by atoms with Gasteiger partial charge in [-0.05, 0) is 25.4 Å². The van der Waals surface area contributed by atoms with Crippen LogP contribution in [0.3, 0.4) is 0 Å². The van der Waals surface area contributed by atoms with Gasteiger partial charge in [-0.1, -0.05) is 27.7 Å². The highest BCUT2D eigenvalue weighted by Gasteiger charge is 2.18. The van der Waals surface area contributed by atoms with E-state index < -0.39 is 0 Å². The lowest BCUT2D eigenvalue weighted by atomic mass is 9.93. The van der Waals surface area contributed by atoms with E-state index in [4.69, 9.17) is 0 Å². The Morgan fingerprint density at radius 1 is 1.37 bits per heavy atom. The van der Waals surface area contributed by atoms with Crippen LogP contribution >= 0.6 is 0 Å². The molecule has 1 aromatic heterocycles. The Labute approximate surface area is 117 Å². The van der Waals surface area contributed by atoms with Gasteiger partial charge in [-0.3, -0.25) is 0 Å². The highest BCUT2D eigenvalue weighted by atomic mass is 15.3. The summed E-state index contributed by atoms with van der Waals surface area (Å²) >= 11 is 0. The zero-order chi connectivity index (χ0) is 14.5. The van der Waals surface area contributed by atoms with Crippen LogP contribution in [0.4, 0.5) is 0 Å². The third kappa shape index (κ3) is 6.16. The summed E-state index contributed by atoms with van der Waals surface area (Å²) in [5.41, 5.74) is 0.256. The molecule has 0 bridgehead atoms. The van der Waals surface area contributed by atoms with Crippen LogP contribution in [-0.4, -0.2) is 46.8 Å². The molecule has 0 amide bonds. The Kier molecular flexibility index (Phi) is 5.94. The second-order valence-electron chi connectivity index (χ2n) is 6.76. The summed E-state index contributed by atoms with van der Waals surface area (Å²) in [5.74, 6) is 1.61. The molecule has 0 saturated carbocycles. The van der Waals surface area contributed by atoms with Crippen molar-refractivity contribution in [2.75, 3.05) is 27.2 Å². The molecule has 0 atom stereocenters. The number of rotatable bonds is 8. The minimum absolute atomic E-state index is 0.256. The average Bonchev–Trinajstić information content (AvgIpc) is 2.62. The molecule has 5 heteroatoms. The maximum Gasteiger partial charge on any atom is 0.140 e. The lowest BCUT2D eigenvalue weighted by Crippen LogP contribution is -2.37. The summed E-state index contributed by atoms with van der Waals surface area (Å²) in [6, 6.07) is 0. The van der Waals surface area contributed by atoms with E-state index in [2.05, 4.69) is 62.1 Å². The second-order valence-corrected chi connectivity index (χ2v) is 6.76. The van der Waals surface area contributed by atoms with Crippen molar-refractivity contribution in [2.45, 2.75) is 40.8 Å². The molecule has 0 aromatic carbocycles. The van der Waals surface area contributed by atoms with E-state index in [9.17, 15) is 0 Å². The number of aromatic nitrogens is 3. The molecule has 1 aromatic rings. The van der Waals surface area contributed by atoms with Crippen LogP contribution in [0.1, 0.15) is 33.5 Å². The predicted molar refractivity (Wildman–Crippen MR) is 78.9 cm³/mol. The third-order valence-corrected chi connectivity index (χ3v) is 2.86. The number of hydrogen-bond donors (Lipinski definition) is 1. The van der Waals surface area contributed by atoms with Gasteiger partial charge >= 0.3 is 0 Å². The first-order chi connectivity index (χ1) is 8.80. The number of nitrogens with one attached hydrogen (secondary N) is 1. The fourth-order valence-electron chi connectivity index (χ4n) is 2.35. The Morgan fingerprint density at radius 3 is 2.63 bits per heavy atom. The normalized spacial score (nSPS) is 12.6. The van der Waals surface area contributed by atoms with Crippen molar-refractivity contribution in [1.82, 2.24) is 25.0 Å². The molecule has 0 unspecified atom stereocenters. The van der Waals surface area contributed by atoms with E-state index in [0.29, 0.717) is 5.92 Å². The van der Waals surface area contributed by atoms with E-state index >= 15 is 0 Å². The molecule has 1 rings (SSSR count). The van der Waals surface area contributed by atoms with E-state index in [1.165, 1.54) is 0 Å². The summed E-state index contributed by atoms with van der Waals surface area (Å²) in [6.45, 7) is 12.7. The highest BCUT2D eigenvalue weighted by molar-refractivity contribution is 4.85. The van der Waals surface area contributed by atoms with Crippen LogP contribution < -0.4 is 5.32 Å². The predicted octanol–water partition coefficient (Wildman–Crippen LogP) is 1.61. The van der Waals surface area contributed by atoms with Crippen molar-refractivity contribution in [3.8, 4) is 0 Å². The van der Waals surface area contributed by atoms with Crippen LogP contribution in [0, 0.1) is 11.3 Å². The minimum atomic E-state index is 0.256. The van der Waals surface area contributed by atoms with Crippen molar-refractivity contribution >= 4 is 0 Å².